The number of benzene rings is 1. The van der Waals surface area contributed by atoms with Gasteiger partial charge in [0.25, 0.3) is 0 Å². The van der Waals surface area contributed by atoms with E-state index in [1.54, 1.807) is 52.1 Å². The normalized spacial score (nSPS) is 13.4. The van der Waals surface area contributed by atoms with Crippen molar-refractivity contribution in [2.24, 2.45) is 0 Å². The van der Waals surface area contributed by atoms with Crippen molar-refractivity contribution in [2.75, 3.05) is 18.9 Å². The molecule has 0 aliphatic heterocycles. The first-order valence-corrected chi connectivity index (χ1v) is 9.12. The van der Waals surface area contributed by atoms with Gasteiger partial charge in [-0.05, 0) is 40.8 Å². The summed E-state index contributed by atoms with van der Waals surface area (Å²) in [6, 6.07) is 6.70. The van der Waals surface area contributed by atoms with Gasteiger partial charge in [-0.15, -0.1) is 0 Å². The van der Waals surface area contributed by atoms with E-state index >= 15 is 0 Å². The van der Waals surface area contributed by atoms with Crippen LogP contribution in [0.3, 0.4) is 0 Å². The molecule has 1 amide bonds. The van der Waals surface area contributed by atoms with Crippen molar-refractivity contribution in [3.63, 3.8) is 0 Å². The fourth-order valence-corrected chi connectivity index (χ4v) is 2.40. The average molecular weight is 415 g/mol. The molecule has 9 heteroatoms. The third kappa shape index (κ3) is 8.58. The van der Waals surface area contributed by atoms with E-state index in [0.29, 0.717) is 11.3 Å². The molecule has 0 saturated heterocycles. The molecule has 0 aromatic heterocycles. The van der Waals surface area contributed by atoms with Crippen LogP contribution < -0.4 is 5.32 Å². The summed E-state index contributed by atoms with van der Waals surface area (Å²) in [5, 5.41) is 2.56. The van der Waals surface area contributed by atoms with E-state index in [9.17, 15) is 14.4 Å². The fourth-order valence-electron chi connectivity index (χ4n) is 2.32. The monoisotopic (exact) mass is 414 g/mol. The quantitative estimate of drug-likeness (QED) is 0.315. The highest BCUT2D eigenvalue weighted by Gasteiger charge is 2.27. The zero-order chi connectivity index (χ0) is 21.5. The largest absolute Gasteiger partial charge is 0.459 e. The number of para-hydroxylation sites is 1. The van der Waals surface area contributed by atoms with E-state index in [4.69, 9.17) is 25.8 Å². The number of hydrogen-bond donors (Lipinski definition) is 1. The highest BCUT2D eigenvalue weighted by atomic mass is 35.5. The Labute approximate surface area is 170 Å². The van der Waals surface area contributed by atoms with Crippen LogP contribution in [0.1, 0.15) is 46.4 Å². The molecule has 0 aliphatic carbocycles. The molecule has 1 aromatic rings. The molecule has 2 unspecified atom stereocenters. The predicted octanol–water partition coefficient (Wildman–Crippen LogP) is 3.66. The predicted molar refractivity (Wildman–Crippen MR) is 105 cm³/mol. The van der Waals surface area contributed by atoms with Gasteiger partial charge < -0.3 is 14.2 Å². The van der Waals surface area contributed by atoms with E-state index < -0.39 is 35.4 Å². The molecule has 1 aromatic carbocycles. The number of anilines is 1. The fraction of sp³-hybridized carbons (Fsp3) is 0.526. The lowest BCUT2D eigenvalue weighted by Crippen LogP contribution is -2.36. The van der Waals surface area contributed by atoms with Crippen LogP contribution in [-0.2, 0) is 23.8 Å². The van der Waals surface area contributed by atoms with Crippen LogP contribution in [0.4, 0.5) is 10.5 Å². The third-order valence-electron chi connectivity index (χ3n) is 3.21. The number of esters is 2. The Bertz CT molecular complexity index is 702. The highest BCUT2D eigenvalue weighted by molar-refractivity contribution is 6.20. The topological polar surface area (TPSA) is 94.2 Å². The zero-order valence-electron chi connectivity index (χ0n) is 16.9. The van der Waals surface area contributed by atoms with Crippen LogP contribution in [0.15, 0.2) is 24.3 Å². The second-order valence-electron chi connectivity index (χ2n) is 7.12. The van der Waals surface area contributed by atoms with E-state index in [0.717, 1.165) is 0 Å². The molecule has 0 bridgehead atoms. The van der Waals surface area contributed by atoms with Gasteiger partial charge in [-0.3, -0.25) is 19.8 Å². The number of nitrogens with one attached hydrogen (secondary N) is 1. The van der Waals surface area contributed by atoms with Crippen LogP contribution in [0.5, 0.6) is 0 Å². The molecule has 0 heterocycles. The molecule has 0 spiro atoms. The second-order valence-corrected chi connectivity index (χ2v) is 7.74. The number of halogens is 1. The van der Waals surface area contributed by atoms with Gasteiger partial charge in [-0.2, -0.15) is 0 Å². The minimum atomic E-state index is -0.935. The molecule has 0 fully saturated rings. The number of ether oxygens (including phenoxy) is 3. The van der Waals surface area contributed by atoms with Gasteiger partial charge in [-0.1, -0.05) is 29.8 Å². The van der Waals surface area contributed by atoms with Crippen molar-refractivity contribution < 1.29 is 28.6 Å². The third-order valence-corrected chi connectivity index (χ3v) is 3.30. The summed E-state index contributed by atoms with van der Waals surface area (Å²) in [7, 11) is 1.60. The van der Waals surface area contributed by atoms with Gasteiger partial charge in [0.2, 0.25) is 0 Å². The van der Waals surface area contributed by atoms with Gasteiger partial charge >= 0.3 is 18.0 Å². The first-order chi connectivity index (χ1) is 12.9. The standard InChI is InChI=1S/C19H27ClN2O6/c1-12(20)26-18(25)21-15-10-8-7-9-14(15)17(27-13(2)23)22(6)11-16(24)28-19(3,4)5/h7-10,12,17H,11H2,1-6H3,(H,21,25). The number of carbonyl (C=O) groups is 3. The molecule has 8 nitrogen and oxygen atoms in total. The van der Waals surface area contributed by atoms with Crippen LogP contribution in [0, 0.1) is 0 Å². The number of amides is 1. The van der Waals surface area contributed by atoms with E-state index in [1.807, 2.05) is 0 Å². The highest BCUT2D eigenvalue weighted by Crippen LogP contribution is 2.28. The molecule has 1 rings (SSSR count). The Balaban J connectivity index is 3.08. The van der Waals surface area contributed by atoms with Crippen LogP contribution in [-0.4, -0.2) is 47.7 Å². The maximum atomic E-state index is 12.2. The molecular weight excluding hydrogens is 388 g/mol. The Morgan fingerprint density at radius 1 is 1.18 bits per heavy atom. The molecule has 156 valence electrons. The number of nitrogens with zero attached hydrogens (tertiary/aromatic N) is 1. The number of alkyl halides is 1. The maximum absolute atomic E-state index is 12.2. The van der Waals surface area contributed by atoms with E-state index in [1.165, 1.54) is 18.7 Å². The first kappa shape index (κ1) is 23.7. The molecule has 2 atom stereocenters. The van der Waals surface area contributed by atoms with Crippen molar-refractivity contribution in [1.82, 2.24) is 4.90 Å². The number of rotatable bonds is 7. The van der Waals surface area contributed by atoms with E-state index in [2.05, 4.69) is 5.32 Å². The second kappa shape index (κ2) is 10.3. The molecule has 0 saturated carbocycles. The lowest BCUT2D eigenvalue weighted by Gasteiger charge is -2.29. The number of likely N-dealkylation sites (N-methyl/N-ethyl adjacent to an activating group) is 1. The SMILES string of the molecule is CC(=O)OC(c1ccccc1NC(=O)OC(C)Cl)N(C)CC(=O)OC(C)(C)C. The van der Waals surface area contributed by atoms with Gasteiger partial charge in [-0.25, -0.2) is 4.79 Å². The average Bonchev–Trinajstić information content (AvgIpc) is 2.50. The lowest BCUT2D eigenvalue weighted by molar-refractivity contribution is -0.166. The molecule has 1 N–H and O–H groups in total. The van der Waals surface area contributed by atoms with Crippen LogP contribution >= 0.6 is 11.6 Å². The summed E-state index contributed by atoms with van der Waals surface area (Å²) in [6.07, 6.45) is -1.69. The smallest absolute Gasteiger partial charge is 0.413 e. The first-order valence-electron chi connectivity index (χ1n) is 8.69. The van der Waals surface area contributed by atoms with Crippen molar-refractivity contribution >= 4 is 35.3 Å². The Hall–Kier alpha value is -2.32. The number of carbonyl (C=O) groups excluding carboxylic acids is 3. The summed E-state index contributed by atoms with van der Waals surface area (Å²) in [5.41, 5.74) is -0.641. The molecule has 0 radical (unpaired) electrons. The summed E-state index contributed by atoms with van der Waals surface area (Å²) < 4.78 is 15.6. The van der Waals surface area contributed by atoms with Crippen molar-refractivity contribution in [2.45, 2.75) is 52.0 Å². The molecule has 0 aliphatic rings. The molecular formula is C19H27ClN2O6. The Morgan fingerprint density at radius 2 is 1.79 bits per heavy atom. The van der Waals surface area contributed by atoms with Gasteiger partial charge in [0.15, 0.2) is 11.8 Å². The van der Waals surface area contributed by atoms with Gasteiger partial charge in [0.1, 0.15) is 5.60 Å². The summed E-state index contributed by atoms with van der Waals surface area (Å²) in [5.74, 6) is -1.03. The number of hydrogen-bond acceptors (Lipinski definition) is 7. The van der Waals surface area contributed by atoms with Crippen LogP contribution in [0.25, 0.3) is 0 Å². The Kier molecular flexibility index (Phi) is 8.71. The summed E-state index contributed by atoms with van der Waals surface area (Å²) >= 11 is 5.66. The van der Waals surface area contributed by atoms with Crippen molar-refractivity contribution in [1.29, 1.82) is 0 Å². The zero-order valence-corrected chi connectivity index (χ0v) is 17.7. The van der Waals surface area contributed by atoms with Crippen molar-refractivity contribution in [3.8, 4) is 0 Å². The lowest BCUT2D eigenvalue weighted by atomic mass is 10.1. The minimum absolute atomic E-state index is 0.132. The maximum Gasteiger partial charge on any atom is 0.413 e. The molecule has 28 heavy (non-hydrogen) atoms. The van der Waals surface area contributed by atoms with Crippen LogP contribution in [0.2, 0.25) is 0 Å². The minimum Gasteiger partial charge on any atom is -0.459 e. The van der Waals surface area contributed by atoms with Crippen molar-refractivity contribution in [3.05, 3.63) is 29.8 Å². The summed E-state index contributed by atoms with van der Waals surface area (Å²) in [6.45, 7) is 7.91. The Morgan fingerprint density at radius 3 is 2.32 bits per heavy atom. The van der Waals surface area contributed by atoms with Gasteiger partial charge in [0.05, 0.1) is 12.2 Å². The summed E-state index contributed by atoms with van der Waals surface area (Å²) in [4.78, 5) is 37.2. The van der Waals surface area contributed by atoms with Gasteiger partial charge in [0, 0.05) is 12.5 Å². The van der Waals surface area contributed by atoms with E-state index in [-0.39, 0.29) is 6.54 Å².